The summed E-state index contributed by atoms with van der Waals surface area (Å²) < 4.78 is 47.8. The van der Waals surface area contributed by atoms with Gasteiger partial charge in [-0.1, -0.05) is 0 Å². The highest BCUT2D eigenvalue weighted by molar-refractivity contribution is 7.90. The minimum absolute atomic E-state index is 0.275. The summed E-state index contributed by atoms with van der Waals surface area (Å²) >= 11 is 0. The molecule has 1 N–H and O–H groups in total. The maximum absolute atomic E-state index is 13.0. The van der Waals surface area contributed by atoms with E-state index in [9.17, 15) is 12.8 Å². The van der Waals surface area contributed by atoms with Crippen LogP contribution in [0.15, 0.2) is 53.4 Å². The molecule has 1 aliphatic heterocycles. The molecular formula is C22H29FN2O4S. The fourth-order valence-corrected chi connectivity index (χ4v) is 4.13. The molecule has 0 aromatic heterocycles. The molecule has 0 amide bonds. The molecule has 1 saturated heterocycles. The molecule has 0 saturated carbocycles. The minimum Gasteiger partial charge on any atom is -0.494 e. The molecule has 0 radical (unpaired) electrons. The third kappa shape index (κ3) is 6.97. The van der Waals surface area contributed by atoms with E-state index >= 15 is 0 Å². The molecule has 2 aromatic carbocycles. The molecule has 0 spiro atoms. The lowest BCUT2D eigenvalue weighted by Gasteiger charge is -2.35. The Morgan fingerprint density at radius 3 is 1.93 bits per heavy atom. The van der Waals surface area contributed by atoms with Crippen LogP contribution in [0.25, 0.3) is 0 Å². The molecule has 3 rings (SSSR count). The first-order valence-corrected chi connectivity index (χ1v) is 12.1. The number of piperazine rings is 1. The van der Waals surface area contributed by atoms with Gasteiger partial charge in [0.05, 0.1) is 18.1 Å². The summed E-state index contributed by atoms with van der Waals surface area (Å²) in [7, 11) is -3.21. The number of rotatable bonds is 10. The summed E-state index contributed by atoms with van der Waals surface area (Å²) in [5.41, 5.74) is 0. The number of nitrogens with zero attached hydrogens (tertiary/aromatic N) is 1. The Kier molecular flexibility index (Phi) is 8.07. The third-order valence-corrected chi connectivity index (χ3v) is 6.30. The van der Waals surface area contributed by atoms with Gasteiger partial charge in [0.1, 0.15) is 17.3 Å². The Hall–Kier alpha value is -2.16. The lowest BCUT2D eigenvalue weighted by molar-refractivity contribution is 0.124. The van der Waals surface area contributed by atoms with E-state index in [1.54, 1.807) is 36.4 Å². The number of hydrogen-bond acceptors (Lipinski definition) is 6. The summed E-state index contributed by atoms with van der Waals surface area (Å²) in [5, 5.41) is 3.37. The highest BCUT2D eigenvalue weighted by Gasteiger charge is 2.20. The normalized spacial score (nSPS) is 16.2. The second-order valence-electron chi connectivity index (χ2n) is 7.41. The van der Waals surface area contributed by atoms with Crippen LogP contribution in [0.4, 0.5) is 4.39 Å². The van der Waals surface area contributed by atoms with Crippen LogP contribution >= 0.6 is 0 Å². The van der Waals surface area contributed by atoms with E-state index in [-0.39, 0.29) is 10.7 Å². The molecule has 1 aliphatic rings. The summed E-state index contributed by atoms with van der Waals surface area (Å²) in [6, 6.07) is 12.9. The van der Waals surface area contributed by atoms with Gasteiger partial charge in [-0.2, -0.15) is 0 Å². The number of nitrogens with one attached hydrogen (secondary N) is 1. The van der Waals surface area contributed by atoms with Crippen LogP contribution in [0, 0.1) is 5.82 Å². The fraction of sp³-hybridized carbons (Fsp3) is 0.455. The van der Waals surface area contributed by atoms with Crippen molar-refractivity contribution in [3.05, 3.63) is 54.3 Å². The molecule has 1 fully saturated rings. The molecule has 0 bridgehead atoms. The van der Waals surface area contributed by atoms with E-state index in [1.807, 2.05) is 0 Å². The topological polar surface area (TPSA) is 67.9 Å². The SMILES string of the molecule is CS(=O)(=O)c1ccc(OCCC(CCOc2ccc(F)cc2)N2CCNCC2)cc1. The smallest absolute Gasteiger partial charge is 0.175 e. The fourth-order valence-electron chi connectivity index (χ4n) is 3.50. The second kappa shape index (κ2) is 10.7. The van der Waals surface area contributed by atoms with Crippen LogP contribution < -0.4 is 14.8 Å². The van der Waals surface area contributed by atoms with E-state index in [2.05, 4.69) is 10.2 Å². The van der Waals surface area contributed by atoms with Crippen molar-refractivity contribution < 1.29 is 22.3 Å². The highest BCUT2D eigenvalue weighted by atomic mass is 32.2. The zero-order valence-electron chi connectivity index (χ0n) is 17.2. The van der Waals surface area contributed by atoms with E-state index in [4.69, 9.17) is 9.47 Å². The lowest BCUT2D eigenvalue weighted by Crippen LogP contribution is -2.49. The average molecular weight is 437 g/mol. The van der Waals surface area contributed by atoms with Crippen molar-refractivity contribution in [3.8, 4) is 11.5 Å². The van der Waals surface area contributed by atoms with Crippen molar-refractivity contribution in [1.82, 2.24) is 10.2 Å². The Bertz CT molecular complexity index is 882. The predicted molar refractivity (Wildman–Crippen MR) is 114 cm³/mol. The molecule has 1 atom stereocenters. The van der Waals surface area contributed by atoms with Crippen LogP contribution in [0.2, 0.25) is 0 Å². The van der Waals surface area contributed by atoms with Crippen molar-refractivity contribution in [2.75, 3.05) is 45.6 Å². The van der Waals surface area contributed by atoms with Gasteiger partial charge in [-0.15, -0.1) is 0 Å². The molecular weight excluding hydrogens is 407 g/mol. The Morgan fingerprint density at radius 2 is 1.43 bits per heavy atom. The van der Waals surface area contributed by atoms with Gasteiger partial charge in [0.15, 0.2) is 9.84 Å². The van der Waals surface area contributed by atoms with Crippen LogP contribution in [0.3, 0.4) is 0 Å². The number of halogens is 1. The van der Waals surface area contributed by atoms with Crippen molar-refractivity contribution in [3.63, 3.8) is 0 Å². The quantitative estimate of drug-likeness (QED) is 0.618. The van der Waals surface area contributed by atoms with Crippen LogP contribution in [0.5, 0.6) is 11.5 Å². The first kappa shape index (κ1) is 22.5. The Balaban J connectivity index is 1.51. The summed E-state index contributed by atoms with van der Waals surface area (Å²) in [6.07, 6.45) is 2.86. The molecule has 0 aliphatic carbocycles. The average Bonchev–Trinajstić information content (AvgIpc) is 2.74. The summed E-state index contributed by atoms with van der Waals surface area (Å²) in [5.74, 6) is 1.05. The maximum Gasteiger partial charge on any atom is 0.175 e. The molecule has 8 heteroatoms. The van der Waals surface area contributed by atoms with E-state index < -0.39 is 9.84 Å². The predicted octanol–water partition coefficient (Wildman–Crippen LogP) is 2.74. The first-order chi connectivity index (χ1) is 14.4. The summed E-state index contributed by atoms with van der Waals surface area (Å²) in [4.78, 5) is 2.73. The monoisotopic (exact) mass is 436 g/mol. The maximum atomic E-state index is 13.0. The van der Waals surface area contributed by atoms with Crippen molar-refractivity contribution in [2.45, 2.75) is 23.8 Å². The Morgan fingerprint density at radius 1 is 0.933 bits per heavy atom. The van der Waals surface area contributed by atoms with Gasteiger partial charge < -0.3 is 14.8 Å². The minimum atomic E-state index is -3.21. The number of benzene rings is 2. The highest BCUT2D eigenvalue weighted by Crippen LogP contribution is 2.18. The van der Waals surface area contributed by atoms with E-state index in [0.717, 1.165) is 39.0 Å². The van der Waals surface area contributed by atoms with Crippen molar-refractivity contribution >= 4 is 9.84 Å². The molecule has 1 heterocycles. The van der Waals surface area contributed by atoms with Crippen LogP contribution in [0.1, 0.15) is 12.8 Å². The zero-order valence-corrected chi connectivity index (χ0v) is 18.0. The van der Waals surface area contributed by atoms with Gasteiger partial charge in [-0.3, -0.25) is 4.90 Å². The largest absolute Gasteiger partial charge is 0.494 e. The van der Waals surface area contributed by atoms with Gasteiger partial charge in [0, 0.05) is 38.5 Å². The van der Waals surface area contributed by atoms with Crippen molar-refractivity contribution in [1.29, 1.82) is 0 Å². The first-order valence-electron chi connectivity index (χ1n) is 10.2. The van der Waals surface area contributed by atoms with Gasteiger partial charge >= 0.3 is 0 Å². The molecule has 6 nitrogen and oxygen atoms in total. The lowest BCUT2D eigenvalue weighted by atomic mass is 10.1. The van der Waals surface area contributed by atoms with Crippen LogP contribution in [-0.4, -0.2) is 65.0 Å². The van der Waals surface area contributed by atoms with Gasteiger partial charge in [-0.05, 0) is 61.4 Å². The summed E-state index contributed by atoms with van der Waals surface area (Å²) in [6.45, 7) is 4.95. The van der Waals surface area contributed by atoms with Gasteiger partial charge in [-0.25, -0.2) is 12.8 Å². The standard InChI is InChI=1S/C22H29FN2O4S/c1-30(26,27)22-8-6-21(7-9-22)29-17-11-19(25-14-12-24-13-15-25)10-16-28-20-4-2-18(23)3-5-20/h2-9,19,24H,10-17H2,1H3. The zero-order chi connectivity index (χ0) is 21.4. The number of sulfone groups is 1. The Labute approximate surface area is 177 Å². The number of hydrogen-bond donors (Lipinski definition) is 1. The van der Waals surface area contributed by atoms with Crippen molar-refractivity contribution in [2.24, 2.45) is 0 Å². The van der Waals surface area contributed by atoms with Gasteiger partial charge in [0.25, 0.3) is 0 Å². The van der Waals surface area contributed by atoms with Crippen LogP contribution in [-0.2, 0) is 9.84 Å². The second-order valence-corrected chi connectivity index (χ2v) is 9.43. The number of ether oxygens (including phenoxy) is 2. The molecule has 2 aromatic rings. The molecule has 1 unspecified atom stereocenters. The van der Waals surface area contributed by atoms with E-state index in [0.29, 0.717) is 30.8 Å². The third-order valence-electron chi connectivity index (χ3n) is 5.17. The van der Waals surface area contributed by atoms with E-state index in [1.165, 1.54) is 18.4 Å². The molecule has 164 valence electrons. The molecule has 30 heavy (non-hydrogen) atoms. The van der Waals surface area contributed by atoms with Gasteiger partial charge in [0.2, 0.25) is 0 Å².